The van der Waals surface area contributed by atoms with E-state index in [9.17, 15) is 38.4 Å². The number of ether oxygens (including phenoxy) is 6. The molecule has 0 saturated carbocycles. The van der Waals surface area contributed by atoms with Crippen molar-refractivity contribution in [3.05, 3.63) is 108 Å². The second kappa shape index (κ2) is 32.2. The van der Waals surface area contributed by atoms with Crippen molar-refractivity contribution >= 4 is 63.8 Å². The molecule has 3 aromatic carbocycles. The van der Waals surface area contributed by atoms with Crippen LogP contribution in [0.1, 0.15) is 129 Å². The molecule has 0 radical (unpaired) electrons. The van der Waals surface area contributed by atoms with Crippen LogP contribution >= 0.6 is 0 Å². The summed E-state index contributed by atoms with van der Waals surface area (Å²) in [5.74, 6) is -4.82. The normalized spacial score (nSPS) is 21.7. The topological polar surface area (TPSA) is 247 Å². The number of carbonyl (C=O) groups is 9. The van der Waals surface area contributed by atoms with E-state index in [2.05, 4.69) is 10.3 Å². The van der Waals surface area contributed by atoms with Gasteiger partial charge in [-0.2, -0.15) is 0 Å². The van der Waals surface area contributed by atoms with E-state index in [4.69, 9.17) is 28.4 Å². The fourth-order valence-electron chi connectivity index (χ4n) is 10.4. The van der Waals surface area contributed by atoms with Gasteiger partial charge in [0.25, 0.3) is 11.8 Å². The summed E-state index contributed by atoms with van der Waals surface area (Å²) >= 11 is 0. The summed E-state index contributed by atoms with van der Waals surface area (Å²) in [5.41, 5.74) is -0.297. The third-order valence-corrected chi connectivity index (χ3v) is 15.9. The van der Waals surface area contributed by atoms with Crippen molar-refractivity contribution in [1.29, 1.82) is 0 Å². The summed E-state index contributed by atoms with van der Waals surface area (Å²) in [6, 6.07) is 15.8. The highest BCUT2D eigenvalue weighted by Crippen LogP contribution is 2.33. The molecular formula is C67H88N6O15. The zero-order valence-corrected chi connectivity index (χ0v) is 52.9. The Kier molecular flexibility index (Phi) is 25.2. The Morgan fingerprint density at radius 2 is 1.49 bits per heavy atom. The van der Waals surface area contributed by atoms with Crippen molar-refractivity contribution in [3.8, 4) is 17.2 Å². The lowest BCUT2D eigenvalue weighted by molar-refractivity contribution is -0.165. The lowest BCUT2D eigenvalue weighted by Gasteiger charge is -2.36. The van der Waals surface area contributed by atoms with E-state index in [-0.39, 0.29) is 76.3 Å². The van der Waals surface area contributed by atoms with Gasteiger partial charge < -0.3 is 53.3 Å². The highest BCUT2D eigenvalue weighted by Gasteiger charge is 2.43. The zero-order chi connectivity index (χ0) is 64.3. The fraction of sp³-hybridized carbons (Fsp3) is 0.522. The third-order valence-electron chi connectivity index (χ3n) is 15.9. The Balaban J connectivity index is 1.35. The summed E-state index contributed by atoms with van der Waals surface area (Å²) in [4.78, 5) is 137. The SMILES string of the molecule is CCCC[C@H]1C(=O)N[C@@H](Cc2ccc3ccccc3c2)C(=O)N(C)[C@@H](COC(C)(C)C)C(=O)CCC(=O)N(C)CCC=CC(=O)OCC(C)(C)C(=O)C(=O)N2CCCC[C@H]2C(=O)O[C@H](CCc2ccc(OC)c(OC)c2)c2cncc(c2)OCC(=O)N1C. The first-order valence-corrected chi connectivity index (χ1v) is 30.2. The molecule has 2 aliphatic rings. The van der Waals surface area contributed by atoms with Crippen LogP contribution in [0.5, 0.6) is 17.2 Å². The Hall–Kier alpha value is -8.20. The number of amides is 5. The Bertz CT molecular complexity index is 3160. The minimum Gasteiger partial charge on any atom is -0.493 e. The standard InChI is InChI=1S/C67H88N6O15/c1-12-13-22-51-62(79)69-50(36-45-25-28-46-20-14-15-21-47(46)35-45)63(80)72(9)53(41-87-66(2,3)4)54(74)29-32-58(75)70(7)33-18-17-24-60(77)86-43-67(5,6)61(78)64(81)73-34-19-16-23-52(73)65(82)88-55(30-26-44-27-31-56(83-10)57(37-44)84-11)48-38-49(40-68-39-48)85-42-59(76)71(51)8/h14-15,17,20-21,24-25,27-28,31,35,37-40,50-53,55H,12-13,16,18-19,22-23,26,29-30,32-34,36,41-43H2,1-11H3,(H,69,79)/t50-,51-,52-,53-,55+/m0/s1. The van der Waals surface area contributed by atoms with Crippen LogP contribution in [0.2, 0.25) is 0 Å². The van der Waals surface area contributed by atoms with E-state index in [1.54, 1.807) is 19.2 Å². The number of carbonyl (C=O) groups excluding carboxylic acids is 9. The van der Waals surface area contributed by atoms with Gasteiger partial charge in [0.2, 0.25) is 23.5 Å². The molecule has 1 fully saturated rings. The van der Waals surface area contributed by atoms with Crippen LogP contribution in [0.25, 0.3) is 10.8 Å². The number of fused-ring (bicyclic) bond motifs is 4. The smallest absolute Gasteiger partial charge is 0.330 e. The van der Waals surface area contributed by atoms with Crippen LogP contribution in [0.3, 0.4) is 0 Å². The van der Waals surface area contributed by atoms with Gasteiger partial charge in [-0.15, -0.1) is 0 Å². The molecule has 0 aliphatic carbocycles. The van der Waals surface area contributed by atoms with Crippen LogP contribution in [0.4, 0.5) is 0 Å². The minimum absolute atomic E-state index is 0.0140. The first-order chi connectivity index (χ1) is 41.8. The number of nitrogens with one attached hydrogen (secondary N) is 1. The van der Waals surface area contributed by atoms with Gasteiger partial charge >= 0.3 is 11.9 Å². The maximum Gasteiger partial charge on any atom is 0.330 e. The minimum atomic E-state index is -1.50. The lowest BCUT2D eigenvalue weighted by atomic mass is 9.87. The molecule has 2 bridgehead atoms. The molecule has 1 aromatic heterocycles. The van der Waals surface area contributed by atoms with Crippen molar-refractivity contribution in [2.24, 2.45) is 5.41 Å². The second-order valence-corrected chi connectivity index (χ2v) is 24.2. The Morgan fingerprint density at radius 1 is 0.761 bits per heavy atom. The number of ketones is 2. The number of aromatic nitrogens is 1. The number of likely N-dealkylation sites (N-methyl/N-ethyl adjacent to an activating group) is 2. The van der Waals surface area contributed by atoms with Gasteiger partial charge in [0.05, 0.1) is 38.0 Å². The first-order valence-electron chi connectivity index (χ1n) is 30.2. The number of cyclic esters (lactones) is 2. The number of Topliss-reactive ketones (excluding diaryl/α,β-unsaturated/α-hetero) is 2. The molecule has 6 rings (SSSR count). The second-order valence-electron chi connectivity index (χ2n) is 24.2. The van der Waals surface area contributed by atoms with E-state index < -0.39 is 102 Å². The maximum atomic E-state index is 15.1. The van der Waals surface area contributed by atoms with E-state index in [1.165, 1.54) is 80.2 Å². The van der Waals surface area contributed by atoms with Crippen LogP contribution in [-0.4, -0.2) is 176 Å². The molecule has 5 amide bonds. The predicted octanol–water partition coefficient (Wildman–Crippen LogP) is 7.52. The highest BCUT2D eigenvalue weighted by atomic mass is 16.5. The summed E-state index contributed by atoms with van der Waals surface area (Å²) in [7, 11) is 7.56. The Morgan fingerprint density at radius 3 is 2.20 bits per heavy atom. The maximum absolute atomic E-state index is 15.1. The number of benzene rings is 3. The molecule has 1 N–H and O–H groups in total. The molecule has 3 heterocycles. The van der Waals surface area contributed by atoms with E-state index in [1.807, 2.05) is 82.3 Å². The molecule has 2 aliphatic heterocycles. The number of piperidine rings is 1. The van der Waals surface area contributed by atoms with Crippen molar-refractivity contribution in [3.63, 3.8) is 0 Å². The van der Waals surface area contributed by atoms with Crippen LogP contribution in [0.15, 0.2) is 91.3 Å². The molecule has 4 aromatic rings. The van der Waals surface area contributed by atoms with Gasteiger partial charge in [0.15, 0.2) is 23.9 Å². The van der Waals surface area contributed by atoms with Crippen LogP contribution in [-0.2, 0) is 70.2 Å². The quantitative estimate of drug-likeness (QED) is 0.106. The molecule has 21 nitrogen and oxygen atoms in total. The van der Waals surface area contributed by atoms with Crippen molar-refractivity contribution in [2.75, 3.05) is 68.3 Å². The number of hydrogen-bond donors (Lipinski definition) is 1. The van der Waals surface area contributed by atoms with Crippen LogP contribution in [0, 0.1) is 5.41 Å². The number of hydrogen-bond acceptors (Lipinski definition) is 16. The highest BCUT2D eigenvalue weighted by molar-refractivity contribution is 6.38. The average molecular weight is 1220 g/mol. The van der Waals surface area contributed by atoms with Gasteiger partial charge in [-0.25, -0.2) is 9.59 Å². The van der Waals surface area contributed by atoms with Crippen molar-refractivity contribution in [2.45, 2.75) is 154 Å². The summed E-state index contributed by atoms with van der Waals surface area (Å²) in [6.45, 7) is 9.37. The van der Waals surface area contributed by atoms with E-state index in [0.29, 0.717) is 49.2 Å². The number of aryl methyl sites for hydroxylation is 1. The molecule has 88 heavy (non-hydrogen) atoms. The van der Waals surface area contributed by atoms with Crippen molar-refractivity contribution < 1.29 is 71.6 Å². The summed E-state index contributed by atoms with van der Waals surface area (Å²) in [6.07, 6.45) is 7.62. The predicted molar refractivity (Wildman–Crippen MR) is 329 cm³/mol. The van der Waals surface area contributed by atoms with Gasteiger partial charge in [-0.3, -0.25) is 38.5 Å². The third kappa shape index (κ3) is 19.4. The molecule has 21 heteroatoms. The fourth-order valence-corrected chi connectivity index (χ4v) is 10.4. The number of unbranched alkanes of at least 4 members (excludes halogenated alkanes) is 1. The monoisotopic (exact) mass is 1220 g/mol. The molecule has 5 atom stereocenters. The summed E-state index contributed by atoms with van der Waals surface area (Å²) < 4.78 is 35.0. The number of rotatable bonds is 12. The zero-order valence-electron chi connectivity index (χ0n) is 52.9. The lowest BCUT2D eigenvalue weighted by Crippen LogP contribution is -2.58. The number of methoxy groups -OCH3 is 2. The molecular weight excluding hydrogens is 1130 g/mol. The largest absolute Gasteiger partial charge is 0.493 e. The number of esters is 2. The summed E-state index contributed by atoms with van der Waals surface area (Å²) in [5, 5.41) is 4.86. The van der Waals surface area contributed by atoms with Crippen LogP contribution < -0.4 is 19.5 Å². The molecule has 476 valence electrons. The molecule has 0 spiro atoms. The van der Waals surface area contributed by atoms with E-state index in [0.717, 1.165) is 28.0 Å². The van der Waals surface area contributed by atoms with Gasteiger partial charge in [0.1, 0.15) is 42.6 Å². The van der Waals surface area contributed by atoms with Gasteiger partial charge in [-0.05, 0) is 120 Å². The van der Waals surface area contributed by atoms with E-state index >= 15 is 4.79 Å². The number of nitrogens with zero attached hydrogens (tertiary/aromatic N) is 5. The molecule has 0 unspecified atom stereocenters. The van der Waals surface area contributed by atoms with Gasteiger partial charge in [-0.1, -0.05) is 74.4 Å². The van der Waals surface area contributed by atoms with Crippen molar-refractivity contribution in [1.82, 2.24) is 29.9 Å². The first kappa shape index (κ1) is 68.9. The number of pyridine rings is 1. The Labute approximate surface area is 516 Å². The van der Waals surface area contributed by atoms with Gasteiger partial charge in [0, 0.05) is 71.3 Å². The average Bonchev–Trinajstić information content (AvgIpc) is 1.42. The molecule has 1 saturated heterocycles.